The predicted octanol–water partition coefficient (Wildman–Crippen LogP) is 1.96. The number of hydrogen-bond donors (Lipinski definition) is 2. The van der Waals surface area contributed by atoms with Gasteiger partial charge in [0, 0.05) is 17.2 Å². The van der Waals surface area contributed by atoms with Gasteiger partial charge in [-0.05, 0) is 35.2 Å². The van der Waals surface area contributed by atoms with Crippen LogP contribution in [0, 0.1) is 0 Å². The van der Waals surface area contributed by atoms with Crippen LogP contribution in [0.5, 0.6) is 17.2 Å². The number of nitrogens with two attached hydrogens (primary N) is 1. The second-order valence-electron chi connectivity index (χ2n) is 4.75. The molecule has 0 aromatic heterocycles. The molecular formula is C12H14BrNO3. The van der Waals surface area contributed by atoms with Crippen molar-refractivity contribution in [2.24, 2.45) is 5.73 Å². The van der Waals surface area contributed by atoms with E-state index in [0.29, 0.717) is 35.6 Å². The van der Waals surface area contributed by atoms with E-state index in [-0.39, 0.29) is 11.3 Å². The van der Waals surface area contributed by atoms with Crippen molar-refractivity contribution in [3.8, 4) is 17.2 Å². The number of benzene rings is 1. The van der Waals surface area contributed by atoms with Crippen molar-refractivity contribution < 1.29 is 14.6 Å². The molecule has 1 aliphatic heterocycles. The number of fused-ring (bicyclic) bond motifs is 1. The molecular weight excluding hydrogens is 286 g/mol. The first-order valence-corrected chi connectivity index (χ1v) is 6.47. The van der Waals surface area contributed by atoms with Crippen LogP contribution in [0.1, 0.15) is 18.4 Å². The van der Waals surface area contributed by atoms with Crippen molar-refractivity contribution in [3.05, 3.63) is 16.1 Å². The van der Waals surface area contributed by atoms with Gasteiger partial charge < -0.3 is 20.3 Å². The fourth-order valence-electron chi connectivity index (χ4n) is 2.06. The van der Waals surface area contributed by atoms with E-state index in [1.807, 2.05) is 0 Å². The number of ether oxygens (including phenoxy) is 2. The number of rotatable bonds is 2. The van der Waals surface area contributed by atoms with Gasteiger partial charge >= 0.3 is 0 Å². The average Bonchev–Trinajstić information content (AvgIpc) is 3.03. The molecule has 3 rings (SSSR count). The summed E-state index contributed by atoms with van der Waals surface area (Å²) in [6.07, 6.45) is 2.62. The number of phenols is 1. The Labute approximate surface area is 108 Å². The number of halogens is 1. The Bertz CT molecular complexity index is 471. The first-order chi connectivity index (χ1) is 8.09. The van der Waals surface area contributed by atoms with Crippen LogP contribution in [0.25, 0.3) is 0 Å². The summed E-state index contributed by atoms with van der Waals surface area (Å²) in [5.41, 5.74) is 6.69. The molecule has 0 unspecified atom stereocenters. The third-order valence-corrected chi connectivity index (χ3v) is 3.88. The smallest absolute Gasteiger partial charge is 0.168 e. The largest absolute Gasteiger partial charge is 0.506 e. The van der Waals surface area contributed by atoms with Gasteiger partial charge in [-0.1, -0.05) is 0 Å². The van der Waals surface area contributed by atoms with Crippen molar-refractivity contribution in [2.75, 3.05) is 13.2 Å². The number of phenolic OH excluding ortho intramolecular Hbond substituents is 1. The molecule has 0 amide bonds. The Balaban J connectivity index is 2.06. The highest BCUT2D eigenvalue weighted by molar-refractivity contribution is 9.10. The quantitative estimate of drug-likeness (QED) is 0.876. The van der Waals surface area contributed by atoms with Gasteiger partial charge in [-0.2, -0.15) is 0 Å². The third-order valence-electron chi connectivity index (χ3n) is 3.28. The zero-order chi connectivity index (χ0) is 12.0. The molecule has 3 N–H and O–H groups in total. The predicted molar refractivity (Wildman–Crippen MR) is 66.7 cm³/mol. The van der Waals surface area contributed by atoms with Crippen molar-refractivity contribution in [1.29, 1.82) is 0 Å². The fourth-order valence-corrected chi connectivity index (χ4v) is 2.51. The Morgan fingerprint density at radius 3 is 2.76 bits per heavy atom. The standard InChI is InChI=1S/C12H14BrNO3/c13-8-5-9-11(17-4-3-16-9)7(10(8)15)6-12(14)1-2-12/h5,15H,1-4,6,14H2. The molecule has 0 radical (unpaired) electrons. The minimum atomic E-state index is -0.174. The molecule has 0 atom stereocenters. The van der Waals surface area contributed by atoms with Crippen molar-refractivity contribution in [3.63, 3.8) is 0 Å². The van der Waals surface area contributed by atoms with E-state index in [1.54, 1.807) is 6.07 Å². The van der Waals surface area contributed by atoms with Gasteiger partial charge in [0.1, 0.15) is 19.0 Å². The second-order valence-corrected chi connectivity index (χ2v) is 5.60. The number of hydrogen-bond acceptors (Lipinski definition) is 4. The van der Waals surface area contributed by atoms with E-state index in [9.17, 15) is 5.11 Å². The zero-order valence-corrected chi connectivity index (χ0v) is 10.9. The van der Waals surface area contributed by atoms with E-state index in [1.165, 1.54) is 0 Å². The monoisotopic (exact) mass is 299 g/mol. The molecule has 5 heteroatoms. The maximum atomic E-state index is 10.1. The zero-order valence-electron chi connectivity index (χ0n) is 9.33. The molecule has 2 aliphatic rings. The molecule has 1 heterocycles. The summed E-state index contributed by atoms with van der Waals surface area (Å²) in [7, 11) is 0. The van der Waals surface area contributed by atoms with E-state index in [2.05, 4.69) is 15.9 Å². The van der Waals surface area contributed by atoms with Gasteiger partial charge in [0.05, 0.1) is 4.47 Å². The van der Waals surface area contributed by atoms with Crippen molar-refractivity contribution in [2.45, 2.75) is 24.8 Å². The first kappa shape index (κ1) is 11.2. The van der Waals surface area contributed by atoms with Crippen LogP contribution in [0.15, 0.2) is 10.5 Å². The molecule has 4 nitrogen and oxygen atoms in total. The average molecular weight is 300 g/mol. The second kappa shape index (κ2) is 3.78. The first-order valence-electron chi connectivity index (χ1n) is 5.68. The summed E-state index contributed by atoms with van der Waals surface area (Å²) in [6.45, 7) is 1.05. The molecule has 1 fully saturated rings. The minimum absolute atomic E-state index is 0.174. The Morgan fingerprint density at radius 1 is 1.35 bits per heavy atom. The summed E-state index contributed by atoms with van der Waals surface area (Å²) in [5.74, 6) is 1.54. The van der Waals surface area contributed by atoms with E-state index >= 15 is 0 Å². The van der Waals surface area contributed by atoms with Gasteiger partial charge in [0.2, 0.25) is 0 Å². The van der Waals surface area contributed by atoms with Crippen LogP contribution in [0.2, 0.25) is 0 Å². The highest BCUT2D eigenvalue weighted by atomic mass is 79.9. The molecule has 1 aromatic carbocycles. The van der Waals surface area contributed by atoms with Gasteiger partial charge in [-0.15, -0.1) is 0 Å². The minimum Gasteiger partial charge on any atom is -0.506 e. The summed E-state index contributed by atoms with van der Waals surface area (Å²) < 4.78 is 11.8. The van der Waals surface area contributed by atoms with Gasteiger partial charge in [0.25, 0.3) is 0 Å². The maximum Gasteiger partial charge on any atom is 0.168 e. The normalized spacial score (nSPS) is 20.1. The Morgan fingerprint density at radius 2 is 2.06 bits per heavy atom. The van der Waals surface area contributed by atoms with E-state index < -0.39 is 0 Å². The van der Waals surface area contributed by atoms with Crippen LogP contribution < -0.4 is 15.2 Å². The molecule has 1 aliphatic carbocycles. The van der Waals surface area contributed by atoms with Crippen LogP contribution in [-0.2, 0) is 6.42 Å². The molecule has 1 aromatic rings. The SMILES string of the molecule is NC1(Cc2c(O)c(Br)cc3c2OCCO3)CC1. The molecule has 0 bridgehead atoms. The fraction of sp³-hybridized carbons (Fsp3) is 0.500. The highest BCUT2D eigenvalue weighted by Gasteiger charge is 2.40. The topological polar surface area (TPSA) is 64.7 Å². The highest BCUT2D eigenvalue weighted by Crippen LogP contribution is 2.47. The molecule has 0 saturated heterocycles. The Hall–Kier alpha value is -0.940. The lowest BCUT2D eigenvalue weighted by Gasteiger charge is -2.23. The van der Waals surface area contributed by atoms with Crippen molar-refractivity contribution in [1.82, 2.24) is 0 Å². The van der Waals surface area contributed by atoms with Gasteiger partial charge in [-0.3, -0.25) is 0 Å². The summed E-state index contributed by atoms with van der Waals surface area (Å²) in [4.78, 5) is 0. The lowest BCUT2D eigenvalue weighted by Crippen LogP contribution is -2.26. The van der Waals surface area contributed by atoms with Crippen molar-refractivity contribution >= 4 is 15.9 Å². The molecule has 17 heavy (non-hydrogen) atoms. The summed E-state index contributed by atoms with van der Waals surface area (Å²) >= 11 is 3.33. The molecule has 0 spiro atoms. The van der Waals surface area contributed by atoms with Crippen LogP contribution >= 0.6 is 15.9 Å². The molecule has 1 saturated carbocycles. The lowest BCUT2D eigenvalue weighted by molar-refractivity contribution is 0.168. The van der Waals surface area contributed by atoms with E-state index in [0.717, 1.165) is 18.4 Å². The van der Waals surface area contributed by atoms with Crippen LogP contribution in [-0.4, -0.2) is 23.9 Å². The maximum absolute atomic E-state index is 10.1. The van der Waals surface area contributed by atoms with Crippen LogP contribution in [0.4, 0.5) is 0 Å². The molecule has 92 valence electrons. The van der Waals surface area contributed by atoms with Crippen LogP contribution in [0.3, 0.4) is 0 Å². The third kappa shape index (κ3) is 1.98. The summed E-state index contributed by atoms with van der Waals surface area (Å²) in [6, 6.07) is 1.74. The van der Waals surface area contributed by atoms with E-state index in [4.69, 9.17) is 15.2 Å². The van der Waals surface area contributed by atoms with Gasteiger partial charge in [0.15, 0.2) is 11.5 Å². The lowest BCUT2D eigenvalue weighted by atomic mass is 10.0. The summed E-state index contributed by atoms with van der Waals surface area (Å²) in [5, 5.41) is 10.1. The van der Waals surface area contributed by atoms with Gasteiger partial charge in [-0.25, -0.2) is 0 Å². The number of aromatic hydroxyl groups is 1. The Kier molecular flexibility index (Phi) is 2.48.